The first-order chi connectivity index (χ1) is 11.8. The van der Waals surface area contributed by atoms with Crippen molar-refractivity contribution in [3.8, 4) is 5.75 Å². The van der Waals surface area contributed by atoms with Gasteiger partial charge in [-0.3, -0.25) is 0 Å². The molecule has 1 unspecified atom stereocenters. The summed E-state index contributed by atoms with van der Waals surface area (Å²) in [7, 11) is 0. The van der Waals surface area contributed by atoms with Crippen LogP contribution < -0.4 is 14.4 Å². The summed E-state index contributed by atoms with van der Waals surface area (Å²) in [5.41, 5.74) is 1.42. The first-order valence-electron chi connectivity index (χ1n) is 7.52. The summed E-state index contributed by atoms with van der Waals surface area (Å²) >= 11 is -4.92. The van der Waals surface area contributed by atoms with Crippen LogP contribution in [-0.2, 0) is 12.4 Å². The fourth-order valence-electron chi connectivity index (χ4n) is 1.86. The number of benzene rings is 2. The molecule has 0 spiro atoms. The van der Waals surface area contributed by atoms with Gasteiger partial charge >= 0.3 is 88.4 Å². The Balaban J connectivity index is 0.000000271. The maximum atomic E-state index is 11.4. The van der Waals surface area contributed by atoms with Crippen LogP contribution in [0.5, 0.6) is 5.75 Å². The minimum absolute atomic E-state index is 0.103. The molecular formula is C17H22AsNO6. The van der Waals surface area contributed by atoms with Crippen LogP contribution in [0.4, 0.5) is 5.69 Å². The van der Waals surface area contributed by atoms with Gasteiger partial charge in [0.05, 0.1) is 6.61 Å². The van der Waals surface area contributed by atoms with Gasteiger partial charge in [-0.15, -0.1) is 0 Å². The van der Waals surface area contributed by atoms with Gasteiger partial charge < -0.3 is 4.74 Å². The van der Waals surface area contributed by atoms with E-state index in [1.54, 1.807) is 6.07 Å². The first kappa shape index (κ1) is 21.0. The number of anilines is 1. The van der Waals surface area contributed by atoms with Crippen molar-refractivity contribution in [2.24, 2.45) is 0 Å². The summed E-state index contributed by atoms with van der Waals surface area (Å²) < 4.78 is 29.4. The van der Waals surface area contributed by atoms with Gasteiger partial charge in [-0.2, -0.15) is 0 Å². The van der Waals surface area contributed by atoms with Crippen molar-refractivity contribution < 1.29 is 26.5 Å². The Morgan fingerprint density at radius 1 is 1.16 bits per heavy atom. The number of carbonyl (C=O) groups is 1. The molecule has 0 fully saturated rings. The zero-order valence-corrected chi connectivity index (χ0v) is 16.2. The van der Waals surface area contributed by atoms with E-state index in [2.05, 4.69) is 16.1 Å². The Kier molecular flexibility index (Phi) is 8.44. The average molecular weight is 411 g/mol. The zero-order valence-electron chi connectivity index (χ0n) is 14.3. The molecule has 7 nitrogen and oxygen atoms in total. The number of amides is 1. The monoisotopic (exact) mass is 411 g/mol. The minimum atomic E-state index is -4.92. The molecule has 0 aliphatic heterocycles. The molecule has 136 valence electrons. The maximum Gasteiger partial charge on any atom is 0.119 e. The van der Waals surface area contributed by atoms with Crippen LogP contribution in [0, 0.1) is 6.92 Å². The van der Waals surface area contributed by atoms with Gasteiger partial charge in [0, 0.05) is 0 Å². The van der Waals surface area contributed by atoms with Crippen LogP contribution in [0.25, 0.3) is 0 Å². The van der Waals surface area contributed by atoms with Crippen molar-refractivity contribution in [1.29, 1.82) is 0 Å². The summed E-state index contributed by atoms with van der Waals surface area (Å²) in [5, 5.41) is 10.7. The summed E-state index contributed by atoms with van der Waals surface area (Å²) in [6.07, 6.45) is 0. The van der Waals surface area contributed by atoms with Gasteiger partial charge in [-0.25, -0.2) is 0 Å². The fourth-order valence-corrected chi connectivity index (χ4v) is 3.53. The van der Waals surface area contributed by atoms with Gasteiger partial charge in [0.2, 0.25) is 0 Å². The Bertz CT molecular complexity index is 732. The SMILES string of the molecule is CC(=O)Nc1ccccc1[As](=O)(O)OO.CCOc1ccc(C)cc1. The molecule has 0 saturated heterocycles. The summed E-state index contributed by atoms with van der Waals surface area (Å²) in [4.78, 5) is 10.8. The second-order valence-corrected chi connectivity index (χ2v) is 8.58. The van der Waals surface area contributed by atoms with Gasteiger partial charge in [0.15, 0.2) is 0 Å². The van der Waals surface area contributed by atoms with Crippen molar-refractivity contribution in [3.63, 3.8) is 0 Å². The van der Waals surface area contributed by atoms with Gasteiger partial charge in [-0.05, 0) is 26.0 Å². The van der Waals surface area contributed by atoms with Gasteiger partial charge in [0.25, 0.3) is 0 Å². The maximum absolute atomic E-state index is 11.4. The van der Waals surface area contributed by atoms with E-state index >= 15 is 0 Å². The van der Waals surface area contributed by atoms with E-state index in [-0.39, 0.29) is 15.9 Å². The van der Waals surface area contributed by atoms with E-state index in [0.29, 0.717) is 0 Å². The van der Waals surface area contributed by atoms with E-state index in [0.717, 1.165) is 12.4 Å². The number of rotatable bonds is 5. The molecular weight excluding hydrogens is 389 g/mol. The second kappa shape index (κ2) is 10.1. The molecule has 2 aromatic rings. The number of ether oxygens (including phenoxy) is 1. The molecule has 0 heterocycles. The predicted octanol–water partition coefficient (Wildman–Crippen LogP) is 2.10. The third-order valence-corrected chi connectivity index (χ3v) is 5.52. The molecule has 3 N–H and O–H groups in total. The van der Waals surface area contributed by atoms with E-state index < -0.39 is 14.2 Å². The van der Waals surface area contributed by atoms with Crippen molar-refractivity contribution >= 4 is 30.1 Å². The Morgan fingerprint density at radius 3 is 2.28 bits per heavy atom. The van der Waals surface area contributed by atoms with Crippen molar-refractivity contribution in [1.82, 2.24) is 0 Å². The van der Waals surface area contributed by atoms with Crippen molar-refractivity contribution in [3.05, 3.63) is 54.1 Å². The third-order valence-electron chi connectivity index (χ3n) is 2.96. The zero-order chi connectivity index (χ0) is 18.9. The first-order valence-corrected chi connectivity index (χ1v) is 10.8. The fraction of sp³-hybridized carbons (Fsp3) is 0.235. The predicted molar refractivity (Wildman–Crippen MR) is 95.1 cm³/mol. The van der Waals surface area contributed by atoms with Gasteiger partial charge in [-0.1, -0.05) is 17.7 Å². The van der Waals surface area contributed by atoms with Crippen LogP contribution in [0.2, 0.25) is 0 Å². The molecule has 0 bridgehead atoms. The van der Waals surface area contributed by atoms with Crippen LogP contribution >= 0.6 is 0 Å². The van der Waals surface area contributed by atoms with Crippen LogP contribution in [0.1, 0.15) is 19.4 Å². The normalized spacial score (nSPS) is 12.4. The quantitative estimate of drug-likeness (QED) is 0.396. The molecule has 0 aliphatic rings. The standard InChI is InChI=1S/C9H12O.C8H10AsNO5/c1-3-10-9-6-4-8(2)5-7-9;1-6(11)10-8-5-3-2-4-7(8)9(12,13)15-14/h4-7H,3H2,1-2H3;2-5,14H,1H3,(H,10,11)(H,12,13). The summed E-state index contributed by atoms with van der Waals surface area (Å²) in [6, 6.07) is 13.9. The molecule has 0 radical (unpaired) electrons. The number of aryl methyl sites for hydroxylation is 1. The smallest absolute Gasteiger partial charge is 0.119 e. The molecule has 8 heteroatoms. The number of hydrogen-bond acceptors (Lipinski definition) is 5. The Labute approximate surface area is 149 Å². The summed E-state index contributed by atoms with van der Waals surface area (Å²) in [6.45, 7) is 6.06. The molecule has 1 atom stereocenters. The number of nitrogens with one attached hydrogen (secondary N) is 1. The third kappa shape index (κ3) is 7.15. The average Bonchev–Trinajstić information content (AvgIpc) is 2.58. The minimum Gasteiger partial charge on any atom is -0.494 e. The molecule has 25 heavy (non-hydrogen) atoms. The Hall–Kier alpha value is -2.05. The summed E-state index contributed by atoms with van der Waals surface area (Å²) in [5.74, 6) is 0.573. The second-order valence-electron chi connectivity index (χ2n) is 5.05. The van der Waals surface area contributed by atoms with Crippen molar-refractivity contribution in [2.45, 2.75) is 20.8 Å². The molecule has 0 aliphatic carbocycles. The van der Waals surface area contributed by atoms with Crippen LogP contribution in [0.15, 0.2) is 48.5 Å². The molecule has 2 aromatic carbocycles. The molecule has 0 aromatic heterocycles. The molecule has 1 amide bonds. The van der Waals surface area contributed by atoms with E-state index in [1.165, 1.54) is 30.7 Å². The van der Waals surface area contributed by atoms with E-state index in [9.17, 15) is 12.6 Å². The van der Waals surface area contributed by atoms with E-state index in [4.69, 9.17) is 9.99 Å². The van der Waals surface area contributed by atoms with E-state index in [1.807, 2.05) is 31.2 Å². The number of hydrogen-bond donors (Lipinski definition) is 3. The Morgan fingerprint density at radius 2 is 1.76 bits per heavy atom. The van der Waals surface area contributed by atoms with Crippen molar-refractivity contribution in [2.75, 3.05) is 11.9 Å². The molecule has 0 saturated carbocycles. The van der Waals surface area contributed by atoms with Crippen LogP contribution in [-0.4, -0.2) is 36.0 Å². The number of para-hydroxylation sites is 1. The van der Waals surface area contributed by atoms with Gasteiger partial charge in [0.1, 0.15) is 5.75 Å². The largest absolute Gasteiger partial charge is 0.494 e. The number of carbonyl (C=O) groups excluding carboxylic acids is 1. The molecule has 2 rings (SSSR count). The topological polar surface area (TPSA) is 105 Å². The van der Waals surface area contributed by atoms with Crippen LogP contribution in [0.3, 0.4) is 0 Å².